The van der Waals surface area contributed by atoms with Crippen LogP contribution in [0.1, 0.15) is 24.0 Å². The molecule has 0 nitrogen and oxygen atoms in total. The molecule has 2 aromatic rings. The summed E-state index contributed by atoms with van der Waals surface area (Å²) in [6.07, 6.45) is 4.64. The average molecular weight is 237 g/mol. The highest BCUT2D eigenvalue weighted by molar-refractivity contribution is 5.16. The zero-order chi connectivity index (χ0) is 12.6. The van der Waals surface area contributed by atoms with Crippen LogP contribution in [0.4, 0.5) is 0 Å². The molecule has 0 N–H and O–H groups in total. The molecule has 2 aromatic carbocycles. The van der Waals surface area contributed by atoms with E-state index in [0.29, 0.717) is 5.92 Å². The van der Waals surface area contributed by atoms with Crippen LogP contribution in [0, 0.1) is 12.8 Å². The lowest BCUT2D eigenvalue weighted by molar-refractivity contribution is 0.541. The monoisotopic (exact) mass is 237 g/mol. The van der Waals surface area contributed by atoms with Crippen LogP contribution < -0.4 is 0 Å². The fourth-order valence-electron chi connectivity index (χ4n) is 2.18. The Morgan fingerprint density at radius 1 is 0.667 bits per heavy atom. The summed E-state index contributed by atoms with van der Waals surface area (Å²) in [6.45, 7) is 4.27. The molecular formula is C18H21. The smallest absolute Gasteiger partial charge is 0.0276 e. The van der Waals surface area contributed by atoms with Crippen LogP contribution in [0.15, 0.2) is 60.7 Å². The molecule has 2 rings (SSSR count). The third-order valence-corrected chi connectivity index (χ3v) is 3.37. The first-order chi connectivity index (χ1) is 8.84. The van der Waals surface area contributed by atoms with Gasteiger partial charge in [-0.15, -0.1) is 0 Å². The van der Waals surface area contributed by atoms with Crippen molar-refractivity contribution in [1.82, 2.24) is 0 Å². The van der Waals surface area contributed by atoms with Crippen molar-refractivity contribution in [1.29, 1.82) is 0 Å². The zero-order valence-corrected chi connectivity index (χ0v) is 10.9. The van der Waals surface area contributed by atoms with Gasteiger partial charge in [0, 0.05) is 0 Å². The molecule has 0 fully saturated rings. The second-order valence-corrected chi connectivity index (χ2v) is 4.91. The maximum Gasteiger partial charge on any atom is -0.0276 e. The molecule has 0 unspecified atom stereocenters. The SMILES string of the molecule is [CH2]C(CCc1ccccc1)CCc1ccccc1. The van der Waals surface area contributed by atoms with Crippen LogP contribution in [0.2, 0.25) is 0 Å². The highest BCUT2D eigenvalue weighted by Gasteiger charge is 2.03. The van der Waals surface area contributed by atoms with Gasteiger partial charge in [-0.2, -0.15) is 0 Å². The first kappa shape index (κ1) is 12.9. The molecule has 0 saturated heterocycles. The quantitative estimate of drug-likeness (QED) is 0.683. The molecule has 0 saturated carbocycles. The van der Waals surface area contributed by atoms with Gasteiger partial charge in [0.05, 0.1) is 0 Å². The Hall–Kier alpha value is -1.56. The minimum atomic E-state index is 0.547. The van der Waals surface area contributed by atoms with E-state index in [2.05, 4.69) is 67.6 Å². The first-order valence-corrected chi connectivity index (χ1v) is 6.75. The van der Waals surface area contributed by atoms with Crippen molar-refractivity contribution in [2.45, 2.75) is 25.7 Å². The van der Waals surface area contributed by atoms with Gasteiger partial charge in [-0.3, -0.25) is 0 Å². The number of aryl methyl sites for hydroxylation is 2. The Bertz CT molecular complexity index is 387. The van der Waals surface area contributed by atoms with E-state index >= 15 is 0 Å². The van der Waals surface area contributed by atoms with E-state index < -0.39 is 0 Å². The van der Waals surface area contributed by atoms with E-state index in [9.17, 15) is 0 Å². The van der Waals surface area contributed by atoms with Gasteiger partial charge < -0.3 is 0 Å². The Kier molecular flexibility index (Phi) is 5.01. The van der Waals surface area contributed by atoms with E-state index in [1.807, 2.05) is 0 Å². The summed E-state index contributed by atoms with van der Waals surface area (Å²) < 4.78 is 0. The second kappa shape index (κ2) is 7.00. The highest BCUT2D eigenvalue weighted by Crippen LogP contribution is 2.15. The van der Waals surface area contributed by atoms with Gasteiger partial charge in [0.25, 0.3) is 0 Å². The van der Waals surface area contributed by atoms with Crippen molar-refractivity contribution in [3.05, 3.63) is 78.7 Å². The summed E-state index contributed by atoms with van der Waals surface area (Å²) >= 11 is 0. The van der Waals surface area contributed by atoms with Gasteiger partial charge in [-0.05, 0) is 42.7 Å². The van der Waals surface area contributed by atoms with Crippen molar-refractivity contribution in [2.24, 2.45) is 5.92 Å². The van der Waals surface area contributed by atoms with Gasteiger partial charge >= 0.3 is 0 Å². The van der Waals surface area contributed by atoms with Crippen LogP contribution in [0.5, 0.6) is 0 Å². The molecule has 0 aromatic heterocycles. The molecule has 0 aliphatic heterocycles. The Morgan fingerprint density at radius 3 is 1.44 bits per heavy atom. The minimum absolute atomic E-state index is 0.547. The minimum Gasteiger partial charge on any atom is -0.0622 e. The maximum atomic E-state index is 4.27. The number of rotatable bonds is 6. The van der Waals surface area contributed by atoms with E-state index in [-0.39, 0.29) is 0 Å². The van der Waals surface area contributed by atoms with Gasteiger partial charge in [0.1, 0.15) is 0 Å². The zero-order valence-electron chi connectivity index (χ0n) is 10.9. The molecule has 93 valence electrons. The third-order valence-electron chi connectivity index (χ3n) is 3.37. The van der Waals surface area contributed by atoms with Gasteiger partial charge in [-0.1, -0.05) is 67.6 Å². The van der Waals surface area contributed by atoms with Crippen LogP contribution in [0.25, 0.3) is 0 Å². The van der Waals surface area contributed by atoms with Crippen molar-refractivity contribution < 1.29 is 0 Å². The number of hydrogen-bond donors (Lipinski definition) is 0. The van der Waals surface area contributed by atoms with Gasteiger partial charge in [0.15, 0.2) is 0 Å². The number of hydrogen-bond acceptors (Lipinski definition) is 0. The lowest BCUT2D eigenvalue weighted by Gasteiger charge is -2.11. The van der Waals surface area contributed by atoms with Crippen LogP contribution >= 0.6 is 0 Å². The summed E-state index contributed by atoms with van der Waals surface area (Å²) in [7, 11) is 0. The molecule has 18 heavy (non-hydrogen) atoms. The molecule has 0 heterocycles. The molecule has 0 atom stereocenters. The lowest BCUT2D eigenvalue weighted by atomic mass is 9.95. The summed E-state index contributed by atoms with van der Waals surface area (Å²) in [5, 5.41) is 0. The van der Waals surface area contributed by atoms with Crippen molar-refractivity contribution >= 4 is 0 Å². The molecule has 0 heteroatoms. The first-order valence-electron chi connectivity index (χ1n) is 6.75. The molecule has 0 aliphatic rings. The predicted octanol–water partition coefficient (Wildman–Crippen LogP) is 4.70. The van der Waals surface area contributed by atoms with E-state index in [1.54, 1.807) is 0 Å². The van der Waals surface area contributed by atoms with Gasteiger partial charge in [-0.25, -0.2) is 0 Å². The predicted molar refractivity (Wildman–Crippen MR) is 78.4 cm³/mol. The van der Waals surface area contributed by atoms with Gasteiger partial charge in [0.2, 0.25) is 0 Å². The molecule has 1 radical (unpaired) electrons. The summed E-state index contributed by atoms with van der Waals surface area (Å²) in [4.78, 5) is 0. The van der Waals surface area contributed by atoms with Crippen molar-refractivity contribution in [3.8, 4) is 0 Å². The summed E-state index contributed by atoms with van der Waals surface area (Å²) in [5.74, 6) is 0.547. The standard InChI is InChI=1S/C18H21/c1-16(12-14-17-8-4-2-5-9-17)13-15-18-10-6-3-7-11-18/h2-11,16H,1,12-15H2. The Labute approximate surface area is 111 Å². The topological polar surface area (TPSA) is 0 Å². The fourth-order valence-corrected chi connectivity index (χ4v) is 2.18. The average Bonchev–Trinajstić information content (AvgIpc) is 2.45. The van der Waals surface area contributed by atoms with E-state index in [1.165, 1.54) is 24.0 Å². The largest absolute Gasteiger partial charge is 0.0622 e. The Morgan fingerprint density at radius 2 is 1.06 bits per heavy atom. The highest BCUT2D eigenvalue weighted by atomic mass is 14.1. The van der Waals surface area contributed by atoms with Crippen LogP contribution in [0.3, 0.4) is 0 Å². The maximum absolute atomic E-state index is 4.27. The fraction of sp³-hybridized carbons (Fsp3) is 0.278. The lowest BCUT2D eigenvalue weighted by Crippen LogP contribution is -2.00. The van der Waals surface area contributed by atoms with E-state index in [0.717, 1.165) is 12.8 Å². The third kappa shape index (κ3) is 4.37. The van der Waals surface area contributed by atoms with Crippen molar-refractivity contribution in [2.75, 3.05) is 0 Å². The van der Waals surface area contributed by atoms with Crippen LogP contribution in [-0.4, -0.2) is 0 Å². The molecule has 0 aliphatic carbocycles. The second-order valence-electron chi connectivity index (χ2n) is 4.91. The van der Waals surface area contributed by atoms with E-state index in [4.69, 9.17) is 0 Å². The molecule has 0 amide bonds. The van der Waals surface area contributed by atoms with Crippen molar-refractivity contribution in [3.63, 3.8) is 0 Å². The van der Waals surface area contributed by atoms with Crippen LogP contribution in [-0.2, 0) is 12.8 Å². The molecule has 0 spiro atoms. The Balaban J connectivity index is 1.71. The molecular weight excluding hydrogens is 216 g/mol. The summed E-state index contributed by atoms with van der Waals surface area (Å²) in [6, 6.07) is 21.4. The molecule has 0 bridgehead atoms. The normalized spacial score (nSPS) is 10.8. The summed E-state index contributed by atoms with van der Waals surface area (Å²) in [5.41, 5.74) is 2.84. The number of benzene rings is 2.